The topological polar surface area (TPSA) is 134 Å². The summed E-state index contributed by atoms with van der Waals surface area (Å²) in [5, 5.41) is 11.7. The third-order valence-electron chi connectivity index (χ3n) is 7.05. The van der Waals surface area contributed by atoms with Crippen molar-refractivity contribution in [1.82, 2.24) is 4.98 Å². The number of aryl methyl sites for hydroxylation is 1. The minimum atomic E-state index is -1.10. The number of aromatic nitrogens is 1. The summed E-state index contributed by atoms with van der Waals surface area (Å²) in [6, 6.07) is 8.83. The molecule has 2 aliphatic rings. The normalized spacial score (nSPS) is 17.1. The molecule has 11 nitrogen and oxygen atoms in total. The summed E-state index contributed by atoms with van der Waals surface area (Å²) >= 11 is 0.939. The molecule has 12 heteroatoms. The highest BCUT2D eigenvalue weighted by molar-refractivity contribution is 7.17. The molecule has 1 fully saturated rings. The Morgan fingerprint density at radius 3 is 2.52 bits per heavy atom. The fraction of sp³-hybridized carbons (Fsp3) is 0.375. The molecule has 1 atom stereocenters. The Hall–Kier alpha value is -4.58. The van der Waals surface area contributed by atoms with Crippen LogP contribution in [0.25, 0.3) is 5.76 Å². The van der Waals surface area contributed by atoms with Crippen molar-refractivity contribution in [1.29, 1.82) is 0 Å². The molecule has 3 aromatic rings. The van der Waals surface area contributed by atoms with Crippen LogP contribution in [-0.4, -0.2) is 60.8 Å². The van der Waals surface area contributed by atoms with Crippen molar-refractivity contribution in [2.75, 3.05) is 37.9 Å². The van der Waals surface area contributed by atoms with E-state index in [2.05, 4.69) is 11.9 Å². The number of fused-ring (bicyclic) bond motifs is 1. The first-order valence-electron chi connectivity index (χ1n) is 14.5. The van der Waals surface area contributed by atoms with Gasteiger partial charge in [-0.15, -0.1) is 0 Å². The Bertz CT molecular complexity index is 1610. The van der Waals surface area contributed by atoms with Gasteiger partial charge in [0.2, 0.25) is 0 Å². The number of unbranched alkanes of at least 4 members (excludes halogenated alkanes) is 1. The Morgan fingerprint density at radius 2 is 1.80 bits per heavy atom. The van der Waals surface area contributed by atoms with E-state index in [1.807, 2.05) is 6.92 Å². The number of aliphatic hydroxyl groups excluding tert-OH is 1. The number of carbonyl (C=O) groups is 3. The van der Waals surface area contributed by atoms with Gasteiger partial charge in [-0.2, -0.15) is 0 Å². The fourth-order valence-electron chi connectivity index (χ4n) is 4.97. The van der Waals surface area contributed by atoms with Crippen LogP contribution in [0.15, 0.2) is 42.0 Å². The van der Waals surface area contributed by atoms with Crippen LogP contribution in [0.4, 0.5) is 5.13 Å². The van der Waals surface area contributed by atoms with Crippen LogP contribution in [0.5, 0.6) is 23.0 Å². The van der Waals surface area contributed by atoms with Crippen LogP contribution in [0, 0.1) is 6.92 Å². The van der Waals surface area contributed by atoms with E-state index in [9.17, 15) is 19.5 Å². The minimum Gasteiger partial charge on any atom is -0.507 e. The van der Waals surface area contributed by atoms with Gasteiger partial charge in [-0.1, -0.05) is 30.7 Å². The van der Waals surface area contributed by atoms with E-state index in [-0.39, 0.29) is 27.8 Å². The number of Topliss-reactive ketones (excluding diaryl/α,β-unsaturated/α-hetero) is 1. The second-order valence-electron chi connectivity index (χ2n) is 10.0. The van der Waals surface area contributed by atoms with Gasteiger partial charge in [-0.05, 0) is 63.1 Å². The average Bonchev–Trinajstić information content (AvgIpc) is 3.53. The van der Waals surface area contributed by atoms with Crippen LogP contribution in [0.1, 0.15) is 66.1 Å². The summed E-state index contributed by atoms with van der Waals surface area (Å²) in [4.78, 5) is 45.9. The fourth-order valence-corrected chi connectivity index (χ4v) is 5.96. The Labute approximate surface area is 259 Å². The zero-order chi connectivity index (χ0) is 31.4. The number of ether oxygens (including phenoxy) is 5. The maximum absolute atomic E-state index is 13.7. The highest BCUT2D eigenvalue weighted by Crippen LogP contribution is 2.46. The molecule has 5 rings (SSSR count). The molecule has 0 bridgehead atoms. The summed E-state index contributed by atoms with van der Waals surface area (Å²) in [5.74, 6) is -0.925. The SMILES string of the molecule is CCCCOc1ccc(C2/C(=C(\O)c3ccc4c(c3)OCCO4)C(=O)C(=O)N2c2nc(C)c(C(=O)OCC)s2)cc1OCC. The van der Waals surface area contributed by atoms with Gasteiger partial charge in [-0.3, -0.25) is 14.5 Å². The van der Waals surface area contributed by atoms with Crippen LogP contribution in [0.3, 0.4) is 0 Å². The maximum Gasteiger partial charge on any atom is 0.350 e. The smallest absolute Gasteiger partial charge is 0.350 e. The van der Waals surface area contributed by atoms with Crippen molar-refractivity contribution in [3.63, 3.8) is 0 Å². The van der Waals surface area contributed by atoms with Crippen LogP contribution in [-0.2, 0) is 14.3 Å². The van der Waals surface area contributed by atoms with Gasteiger partial charge >= 0.3 is 11.9 Å². The number of ketones is 1. The number of hydrogen-bond donors (Lipinski definition) is 1. The van der Waals surface area contributed by atoms with Crippen molar-refractivity contribution < 1.29 is 43.2 Å². The molecule has 1 aromatic heterocycles. The summed E-state index contributed by atoms with van der Waals surface area (Å²) in [6.07, 6.45) is 1.81. The molecule has 2 aromatic carbocycles. The van der Waals surface area contributed by atoms with Gasteiger partial charge in [0.05, 0.1) is 37.1 Å². The number of aliphatic hydroxyl groups is 1. The third kappa shape index (κ3) is 5.94. The number of thiazole rings is 1. The van der Waals surface area contributed by atoms with E-state index < -0.39 is 29.5 Å². The molecule has 0 radical (unpaired) electrons. The van der Waals surface area contributed by atoms with Crippen molar-refractivity contribution in [3.05, 3.63) is 63.7 Å². The van der Waals surface area contributed by atoms with Gasteiger partial charge < -0.3 is 28.8 Å². The summed E-state index contributed by atoms with van der Waals surface area (Å²) in [5.41, 5.74) is 0.939. The number of hydrogen-bond acceptors (Lipinski definition) is 11. The number of rotatable bonds is 11. The lowest BCUT2D eigenvalue weighted by Crippen LogP contribution is -2.29. The molecule has 1 N–H and O–H groups in total. The van der Waals surface area contributed by atoms with Crippen molar-refractivity contribution >= 4 is 39.9 Å². The minimum absolute atomic E-state index is 0.111. The van der Waals surface area contributed by atoms with Gasteiger partial charge in [0.25, 0.3) is 5.78 Å². The van der Waals surface area contributed by atoms with E-state index in [0.717, 1.165) is 24.2 Å². The van der Waals surface area contributed by atoms with Crippen LogP contribution < -0.4 is 23.8 Å². The molecule has 1 amide bonds. The van der Waals surface area contributed by atoms with Crippen molar-refractivity contribution in [2.45, 2.75) is 46.6 Å². The van der Waals surface area contributed by atoms with E-state index in [1.165, 1.54) is 4.90 Å². The highest BCUT2D eigenvalue weighted by Gasteiger charge is 2.49. The predicted molar refractivity (Wildman–Crippen MR) is 163 cm³/mol. The van der Waals surface area contributed by atoms with Gasteiger partial charge in [0.15, 0.2) is 28.1 Å². The molecule has 0 aliphatic carbocycles. The summed E-state index contributed by atoms with van der Waals surface area (Å²) in [6.45, 7) is 8.96. The molecular formula is C32H34N2O9S. The zero-order valence-electron chi connectivity index (χ0n) is 25.0. The number of esters is 1. The average molecular weight is 623 g/mol. The Balaban J connectivity index is 1.67. The largest absolute Gasteiger partial charge is 0.507 e. The van der Waals surface area contributed by atoms with E-state index in [1.54, 1.807) is 50.2 Å². The van der Waals surface area contributed by atoms with Gasteiger partial charge in [-0.25, -0.2) is 9.78 Å². The number of anilines is 1. The lowest BCUT2D eigenvalue weighted by molar-refractivity contribution is -0.132. The molecule has 2 aliphatic heterocycles. The number of benzene rings is 2. The highest BCUT2D eigenvalue weighted by atomic mass is 32.1. The number of carbonyl (C=O) groups excluding carboxylic acids is 3. The molecule has 232 valence electrons. The number of nitrogens with zero attached hydrogens (tertiary/aromatic N) is 2. The Kier molecular flexibility index (Phi) is 9.38. The molecule has 0 spiro atoms. The first kappa shape index (κ1) is 30.9. The second-order valence-corrected chi connectivity index (χ2v) is 11.0. The van der Waals surface area contributed by atoms with Crippen molar-refractivity contribution in [2.24, 2.45) is 0 Å². The lowest BCUT2D eigenvalue weighted by Gasteiger charge is -2.24. The third-order valence-corrected chi connectivity index (χ3v) is 8.19. The first-order chi connectivity index (χ1) is 21.3. The number of amides is 1. The quantitative estimate of drug-likeness (QED) is 0.0947. The van der Waals surface area contributed by atoms with E-state index in [4.69, 9.17) is 23.7 Å². The van der Waals surface area contributed by atoms with Gasteiger partial charge in [0.1, 0.15) is 23.9 Å². The predicted octanol–water partition coefficient (Wildman–Crippen LogP) is 5.60. The van der Waals surface area contributed by atoms with Crippen LogP contribution >= 0.6 is 11.3 Å². The summed E-state index contributed by atoms with van der Waals surface area (Å²) in [7, 11) is 0. The molecule has 44 heavy (non-hydrogen) atoms. The molecule has 0 saturated carbocycles. The second kappa shape index (κ2) is 13.4. The molecule has 1 unspecified atom stereocenters. The van der Waals surface area contributed by atoms with E-state index in [0.29, 0.717) is 60.7 Å². The monoisotopic (exact) mass is 622 g/mol. The zero-order valence-corrected chi connectivity index (χ0v) is 25.8. The first-order valence-corrected chi connectivity index (χ1v) is 15.4. The molecular weight excluding hydrogens is 588 g/mol. The van der Waals surface area contributed by atoms with Crippen LogP contribution in [0.2, 0.25) is 0 Å². The molecule has 3 heterocycles. The van der Waals surface area contributed by atoms with E-state index >= 15 is 0 Å². The van der Waals surface area contributed by atoms with Crippen molar-refractivity contribution in [3.8, 4) is 23.0 Å². The summed E-state index contributed by atoms with van der Waals surface area (Å²) < 4.78 is 28.3. The maximum atomic E-state index is 13.7. The molecule has 1 saturated heterocycles. The standard InChI is InChI=1S/C32H34N2O9S/c1-5-8-13-41-21-11-9-19(16-23(21)39-6-2)26-25(27(35)20-10-12-22-24(17-20)43-15-14-42-22)28(36)30(37)34(26)32-33-18(4)29(44-32)31(38)40-7-3/h9-12,16-17,26,35H,5-8,13-15H2,1-4H3/b27-25+. The lowest BCUT2D eigenvalue weighted by atomic mass is 9.95. The Morgan fingerprint density at radius 1 is 1.02 bits per heavy atom. The van der Waals surface area contributed by atoms with Gasteiger partial charge in [0, 0.05) is 5.56 Å².